The molecule has 0 saturated carbocycles. The molecule has 8 nitrogen and oxygen atoms in total. The summed E-state index contributed by atoms with van der Waals surface area (Å²) >= 11 is 0. The van der Waals surface area contributed by atoms with Crippen molar-refractivity contribution in [3.8, 4) is 17.2 Å². The lowest BCUT2D eigenvalue weighted by Crippen LogP contribution is -2.67. The zero-order chi connectivity index (χ0) is 24.9. The minimum atomic E-state index is -1.02. The number of nitrogens with zero attached hydrogens (tertiary/aromatic N) is 2. The van der Waals surface area contributed by atoms with E-state index in [1.165, 1.54) is 21.3 Å². The Kier molecular flexibility index (Phi) is 5.43. The number of rotatable bonds is 6. The van der Waals surface area contributed by atoms with E-state index in [0.717, 1.165) is 10.5 Å². The molecule has 0 unspecified atom stereocenters. The van der Waals surface area contributed by atoms with E-state index in [1.807, 2.05) is 31.2 Å². The predicted octanol–water partition coefficient (Wildman–Crippen LogP) is 3.77. The topological polar surface area (TPSA) is 85.4 Å². The molecule has 1 saturated heterocycles. The van der Waals surface area contributed by atoms with Crippen LogP contribution in [0.1, 0.15) is 37.9 Å². The van der Waals surface area contributed by atoms with Crippen molar-refractivity contribution < 1.29 is 28.6 Å². The molecule has 1 fully saturated rings. The van der Waals surface area contributed by atoms with Crippen molar-refractivity contribution in [1.29, 1.82) is 0 Å². The standard InChI is InChI=1S/C27H24N2O6/c1-15-8-7-9-17(12-15)28-22(16-13-20(33-2)24(35-4)21(14-16)34-3)23(27(28)32)29-25(30)18-10-5-6-11-19(18)26(29)31/h5-14,22-23H,1-4H3/t22-,23+/m1/s1. The van der Waals surface area contributed by atoms with Crippen LogP contribution in [-0.2, 0) is 4.79 Å². The molecule has 8 heteroatoms. The summed E-state index contributed by atoms with van der Waals surface area (Å²) in [5.41, 5.74) is 2.87. The number of ether oxygens (including phenoxy) is 3. The number of amides is 3. The Hall–Kier alpha value is -4.33. The van der Waals surface area contributed by atoms with E-state index in [2.05, 4.69) is 0 Å². The summed E-state index contributed by atoms with van der Waals surface area (Å²) in [5, 5.41) is 0. The van der Waals surface area contributed by atoms with Gasteiger partial charge in [-0.1, -0.05) is 24.3 Å². The van der Waals surface area contributed by atoms with Gasteiger partial charge in [-0.15, -0.1) is 0 Å². The molecule has 3 aromatic rings. The van der Waals surface area contributed by atoms with E-state index in [-0.39, 0.29) is 5.91 Å². The normalized spacial score (nSPS) is 18.9. The molecule has 3 aromatic carbocycles. The van der Waals surface area contributed by atoms with Gasteiger partial charge in [0.05, 0.1) is 38.5 Å². The molecule has 35 heavy (non-hydrogen) atoms. The molecule has 3 amide bonds. The third-order valence-electron chi connectivity index (χ3n) is 6.48. The summed E-state index contributed by atoms with van der Waals surface area (Å²) in [4.78, 5) is 42.8. The highest BCUT2D eigenvalue weighted by Crippen LogP contribution is 2.48. The smallest absolute Gasteiger partial charge is 0.262 e. The Labute approximate surface area is 202 Å². The van der Waals surface area contributed by atoms with E-state index in [0.29, 0.717) is 39.6 Å². The van der Waals surface area contributed by atoms with Gasteiger partial charge in [-0.25, -0.2) is 0 Å². The summed E-state index contributed by atoms with van der Waals surface area (Å²) in [6.45, 7) is 1.93. The summed E-state index contributed by atoms with van der Waals surface area (Å²) in [7, 11) is 4.52. The van der Waals surface area contributed by atoms with Gasteiger partial charge in [0, 0.05) is 5.69 Å². The maximum atomic E-state index is 13.6. The van der Waals surface area contributed by atoms with Crippen molar-refractivity contribution in [2.75, 3.05) is 26.2 Å². The second-order valence-corrected chi connectivity index (χ2v) is 8.42. The highest BCUT2D eigenvalue weighted by atomic mass is 16.5. The number of methoxy groups -OCH3 is 3. The lowest BCUT2D eigenvalue weighted by molar-refractivity contribution is -0.130. The quantitative estimate of drug-likeness (QED) is 0.401. The Morgan fingerprint density at radius 3 is 1.80 bits per heavy atom. The monoisotopic (exact) mass is 472 g/mol. The van der Waals surface area contributed by atoms with Gasteiger partial charge in [0.25, 0.3) is 17.7 Å². The molecule has 0 spiro atoms. The molecule has 178 valence electrons. The number of benzene rings is 3. The van der Waals surface area contributed by atoms with Crippen LogP contribution >= 0.6 is 0 Å². The van der Waals surface area contributed by atoms with Crippen molar-refractivity contribution >= 4 is 23.4 Å². The second-order valence-electron chi connectivity index (χ2n) is 8.42. The van der Waals surface area contributed by atoms with Crippen molar-refractivity contribution in [2.24, 2.45) is 0 Å². The third kappa shape index (κ3) is 3.32. The predicted molar refractivity (Wildman–Crippen MR) is 128 cm³/mol. The van der Waals surface area contributed by atoms with Gasteiger partial charge < -0.3 is 19.1 Å². The first-order valence-electron chi connectivity index (χ1n) is 11.1. The number of aryl methyl sites for hydroxylation is 1. The van der Waals surface area contributed by atoms with Crippen LogP contribution in [0.3, 0.4) is 0 Å². The van der Waals surface area contributed by atoms with Gasteiger partial charge in [0.15, 0.2) is 11.5 Å². The first-order chi connectivity index (χ1) is 16.9. The second kappa shape index (κ2) is 8.47. The van der Waals surface area contributed by atoms with Crippen molar-refractivity contribution in [3.63, 3.8) is 0 Å². The van der Waals surface area contributed by atoms with Crippen molar-refractivity contribution in [1.82, 2.24) is 4.90 Å². The van der Waals surface area contributed by atoms with E-state index < -0.39 is 23.9 Å². The van der Waals surface area contributed by atoms with Gasteiger partial charge in [-0.2, -0.15) is 0 Å². The van der Waals surface area contributed by atoms with Gasteiger partial charge in [-0.05, 0) is 54.4 Å². The van der Waals surface area contributed by atoms with Crippen molar-refractivity contribution in [2.45, 2.75) is 19.0 Å². The summed E-state index contributed by atoms with van der Waals surface area (Å²) in [6, 6.07) is 15.9. The summed E-state index contributed by atoms with van der Waals surface area (Å²) < 4.78 is 16.5. The number of carbonyl (C=O) groups is 3. The maximum Gasteiger partial charge on any atom is 0.262 e. The van der Waals surface area contributed by atoms with Gasteiger partial charge >= 0.3 is 0 Å². The molecule has 0 radical (unpaired) electrons. The van der Waals surface area contributed by atoms with E-state index in [9.17, 15) is 14.4 Å². The van der Waals surface area contributed by atoms with Crippen LogP contribution in [0, 0.1) is 6.92 Å². The number of β-lactam (4-membered cyclic amide) rings is 1. The average Bonchev–Trinajstić information content (AvgIpc) is 3.11. The van der Waals surface area contributed by atoms with E-state index >= 15 is 0 Å². The molecule has 2 aliphatic heterocycles. The third-order valence-corrected chi connectivity index (χ3v) is 6.48. The lowest BCUT2D eigenvalue weighted by Gasteiger charge is -2.50. The number of anilines is 1. The Balaban J connectivity index is 1.66. The van der Waals surface area contributed by atoms with Gasteiger partial charge in [-0.3, -0.25) is 19.3 Å². The number of fused-ring (bicyclic) bond motifs is 1. The molecule has 2 atom stereocenters. The van der Waals surface area contributed by atoms with Crippen LogP contribution in [0.5, 0.6) is 17.2 Å². The lowest BCUT2D eigenvalue weighted by atomic mass is 9.85. The SMILES string of the molecule is COc1cc([C@@H]2[C@H](N3C(=O)c4ccccc4C3=O)C(=O)N2c2cccc(C)c2)cc(OC)c1OC. The van der Waals surface area contributed by atoms with E-state index in [4.69, 9.17) is 14.2 Å². The number of hydrogen-bond donors (Lipinski definition) is 0. The fraction of sp³-hybridized carbons (Fsp3) is 0.222. The van der Waals surface area contributed by atoms with E-state index in [1.54, 1.807) is 41.3 Å². The van der Waals surface area contributed by atoms with Gasteiger partial charge in [0.2, 0.25) is 5.75 Å². The average molecular weight is 472 g/mol. The Bertz CT molecular complexity index is 1310. The Morgan fingerprint density at radius 2 is 1.29 bits per heavy atom. The minimum absolute atomic E-state index is 0.294. The van der Waals surface area contributed by atoms with Crippen LogP contribution in [-0.4, -0.2) is 50.0 Å². The van der Waals surface area contributed by atoms with Gasteiger partial charge in [0.1, 0.15) is 6.04 Å². The largest absolute Gasteiger partial charge is 0.493 e. The van der Waals surface area contributed by atoms with Crippen LogP contribution in [0.25, 0.3) is 0 Å². The fourth-order valence-electron chi connectivity index (χ4n) is 4.86. The number of carbonyl (C=O) groups excluding carboxylic acids is 3. The first kappa shape index (κ1) is 22.5. The zero-order valence-electron chi connectivity index (χ0n) is 19.8. The summed E-state index contributed by atoms with van der Waals surface area (Å²) in [6.07, 6.45) is 0. The molecule has 0 aromatic heterocycles. The number of hydrogen-bond acceptors (Lipinski definition) is 6. The molecule has 2 heterocycles. The first-order valence-corrected chi connectivity index (χ1v) is 11.1. The maximum absolute atomic E-state index is 13.6. The highest BCUT2D eigenvalue weighted by molar-refractivity contribution is 6.24. The van der Waals surface area contributed by atoms with Crippen LogP contribution in [0.15, 0.2) is 60.7 Å². The zero-order valence-corrected chi connectivity index (χ0v) is 19.8. The molecule has 0 aliphatic carbocycles. The Morgan fingerprint density at radius 1 is 0.686 bits per heavy atom. The van der Waals surface area contributed by atoms with Crippen LogP contribution in [0.2, 0.25) is 0 Å². The molecule has 0 bridgehead atoms. The molecule has 2 aliphatic rings. The number of imide groups is 1. The molecular weight excluding hydrogens is 448 g/mol. The van der Waals surface area contributed by atoms with Crippen molar-refractivity contribution in [3.05, 3.63) is 82.9 Å². The van der Waals surface area contributed by atoms with Crippen LogP contribution < -0.4 is 19.1 Å². The fourth-order valence-corrected chi connectivity index (χ4v) is 4.86. The minimum Gasteiger partial charge on any atom is -0.493 e. The molecule has 0 N–H and O–H groups in total. The molecule has 5 rings (SSSR count). The highest BCUT2D eigenvalue weighted by Gasteiger charge is 2.57. The summed E-state index contributed by atoms with van der Waals surface area (Å²) in [5.74, 6) is -0.0822. The molecular formula is C27H24N2O6. The van der Waals surface area contributed by atoms with Crippen LogP contribution in [0.4, 0.5) is 5.69 Å².